The molecule has 0 aromatic heterocycles. The molecule has 0 radical (unpaired) electrons. The molecule has 0 amide bonds. The second-order valence-corrected chi connectivity index (χ2v) is 1.92. The van der Waals surface area contributed by atoms with Crippen molar-refractivity contribution in [1.29, 1.82) is 0 Å². The number of ether oxygens (including phenoxy) is 2. The lowest BCUT2D eigenvalue weighted by Crippen LogP contribution is -2.23. The van der Waals surface area contributed by atoms with Crippen LogP contribution >= 0.6 is 0 Å². The van der Waals surface area contributed by atoms with Gasteiger partial charge in [0.05, 0.1) is 6.61 Å². The fourth-order valence-electron chi connectivity index (χ4n) is 0.438. The Bertz CT molecular complexity index is 196. The molecule has 0 unspecified atom stereocenters. The zero-order valence-electron chi connectivity index (χ0n) is 6.96. The number of ketones is 1. The van der Waals surface area contributed by atoms with Crippen LogP contribution in [0.1, 0.15) is 13.8 Å². The van der Waals surface area contributed by atoms with Crippen molar-refractivity contribution in [3.63, 3.8) is 0 Å². The summed E-state index contributed by atoms with van der Waals surface area (Å²) in [7, 11) is 0. The van der Waals surface area contributed by atoms with E-state index in [1.807, 2.05) is 0 Å². The average Bonchev–Trinajstić information content (AvgIpc) is 2.00. The van der Waals surface area contributed by atoms with Crippen molar-refractivity contribution in [3.8, 4) is 0 Å². The molecule has 0 saturated heterocycles. The van der Waals surface area contributed by atoms with Gasteiger partial charge in [0.15, 0.2) is 6.61 Å². The monoisotopic (exact) mass is 174 g/mol. The molecular formula is C7H10O5. The Morgan fingerprint density at radius 3 is 2.17 bits per heavy atom. The van der Waals surface area contributed by atoms with E-state index in [9.17, 15) is 14.4 Å². The lowest BCUT2D eigenvalue weighted by Gasteiger charge is -2.00. The van der Waals surface area contributed by atoms with Crippen LogP contribution in [0.3, 0.4) is 0 Å². The van der Waals surface area contributed by atoms with Gasteiger partial charge in [0.25, 0.3) is 5.78 Å². The van der Waals surface area contributed by atoms with Crippen LogP contribution in [-0.4, -0.2) is 30.9 Å². The first-order chi connectivity index (χ1) is 5.57. The van der Waals surface area contributed by atoms with Gasteiger partial charge in [-0.1, -0.05) is 0 Å². The van der Waals surface area contributed by atoms with Gasteiger partial charge < -0.3 is 9.47 Å². The van der Waals surface area contributed by atoms with Gasteiger partial charge in [-0.3, -0.25) is 9.59 Å². The number of Topliss-reactive ketones (excluding diaryl/α,β-unsaturated/α-hetero) is 1. The fraction of sp³-hybridized carbons (Fsp3) is 0.571. The van der Waals surface area contributed by atoms with Gasteiger partial charge in [0.2, 0.25) is 0 Å². The lowest BCUT2D eigenvalue weighted by molar-refractivity contribution is -0.158. The molecule has 12 heavy (non-hydrogen) atoms. The van der Waals surface area contributed by atoms with Crippen LogP contribution in [0.5, 0.6) is 0 Å². The Hall–Kier alpha value is -1.39. The summed E-state index contributed by atoms with van der Waals surface area (Å²) < 4.78 is 8.64. The number of hydrogen-bond acceptors (Lipinski definition) is 5. The molecule has 0 spiro atoms. The second-order valence-electron chi connectivity index (χ2n) is 1.92. The third kappa shape index (κ3) is 4.43. The van der Waals surface area contributed by atoms with Gasteiger partial charge >= 0.3 is 11.9 Å². The van der Waals surface area contributed by atoms with E-state index in [-0.39, 0.29) is 6.61 Å². The minimum Gasteiger partial charge on any atom is -0.460 e. The van der Waals surface area contributed by atoms with E-state index in [2.05, 4.69) is 9.47 Å². The summed E-state index contributed by atoms with van der Waals surface area (Å²) in [5.41, 5.74) is 0. The van der Waals surface area contributed by atoms with E-state index in [1.165, 1.54) is 0 Å². The highest BCUT2D eigenvalue weighted by Crippen LogP contribution is 1.84. The number of carbonyl (C=O) groups excluding carboxylic acids is 3. The molecule has 0 heterocycles. The second kappa shape index (κ2) is 5.29. The molecule has 0 atom stereocenters. The van der Waals surface area contributed by atoms with E-state index in [0.717, 1.165) is 6.92 Å². The maximum atomic E-state index is 10.7. The highest BCUT2D eigenvalue weighted by molar-refractivity contribution is 6.34. The lowest BCUT2D eigenvalue weighted by atomic mass is 10.4. The Morgan fingerprint density at radius 2 is 1.75 bits per heavy atom. The van der Waals surface area contributed by atoms with Gasteiger partial charge in [0.1, 0.15) is 0 Å². The van der Waals surface area contributed by atoms with Crippen LogP contribution in [0.15, 0.2) is 0 Å². The van der Waals surface area contributed by atoms with Crippen molar-refractivity contribution in [2.45, 2.75) is 13.8 Å². The van der Waals surface area contributed by atoms with Gasteiger partial charge in [-0.15, -0.1) is 0 Å². The van der Waals surface area contributed by atoms with Crippen LogP contribution in [0, 0.1) is 0 Å². The molecule has 0 saturated carbocycles. The molecule has 0 aliphatic carbocycles. The summed E-state index contributed by atoms with van der Waals surface area (Å²) in [6, 6.07) is 0. The van der Waals surface area contributed by atoms with E-state index >= 15 is 0 Å². The molecule has 68 valence electrons. The standard InChI is InChI=1S/C7H10O5/c1-3-11-7(10)6(9)4-12-5(2)8/h3-4H2,1-2H3. The molecule has 0 fully saturated rings. The average molecular weight is 174 g/mol. The SMILES string of the molecule is CCOC(=O)C(=O)COC(C)=O. The minimum absolute atomic E-state index is 0.130. The van der Waals surface area contributed by atoms with E-state index in [4.69, 9.17) is 0 Å². The van der Waals surface area contributed by atoms with Crippen LogP contribution in [-0.2, 0) is 23.9 Å². The van der Waals surface area contributed by atoms with Gasteiger partial charge in [-0.25, -0.2) is 4.79 Å². The largest absolute Gasteiger partial charge is 0.460 e. The zero-order chi connectivity index (χ0) is 9.56. The third-order valence-corrected chi connectivity index (χ3v) is 0.910. The summed E-state index contributed by atoms with van der Waals surface area (Å²) in [5, 5.41) is 0. The molecule has 0 N–H and O–H groups in total. The van der Waals surface area contributed by atoms with Crippen LogP contribution in [0.4, 0.5) is 0 Å². The molecule has 0 aliphatic heterocycles. The van der Waals surface area contributed by atoms with Crippen molar-refractivity contribution in [2.75, 3.05) is 13.2 Å². The van der Waals surface area contributed by atoms with Gasteiger partial charge in [-0.2, -0.15) is 0 Å². The third-order valence-electron chi connectivity index (χ3n) is 0.910. The smallest absolute Gasteiger partial charge is 0.378 e. The maximum absolute atomic E-state index is 10.7. The van der Waals surface area contributed by atoms with E-state index in [0.29, 0.717) is 0 Å². The van der Waals surface area contributed by atoms with Crippen molar-refractivity contribution in [3.05, 3.63) is 0 Å². The molecule has 0 rings (SSSR count). The molecule has 0 aromatic carbocycles. The van der Waals surface area contributed by atoms with Crippen molar-refractivity contribution >= 4 is 17.7 Å². The van der Waals surface area contributed by atoms with Crippen molar-refractivity contribution in [2.24, 2.45) is 0 Å². The topological polar surface area (TPSA) is 69.7 Å². The van der Waals surface area contributed by atoms with E-state index in [1.54, 1.807) is 6.92 Å². The van der Waals surface area contributed by atoms with Gasteiger partial charge in [0, 0.05) is 6.92 Å². The number of carbonyl (C=O) groups is 3. The summed E-state index contributed by atoms with van der Waals surface area (Å²) in [5.74, 6) is -2.43. The Labute approximate surface area is 69.6 Å². The quantitative estimate of drug-likeness (QED) is 0.431. The van der Waals surface area contributed by atoms with Crippen molar-refractivity contribution in [1.82, 2.24) is 0 Å². The first-order valence-electron chi connectivity index (χ1n) is 3.41. The minimum atomic E-state index is -0.973. The first kappa shape index (κ1) is 10.6. The number of esters is 2. The van der Waals surface area contributed by atoms with Crippen molar-refractivity contribution < 1.29 is 23.9 Å². The Kier molecular flexibility index (Phi) is 4.67. The molecule has 0 aliphatic rings. The molecular weight excluding hydrogens is 164 g/mol. The number of rotatable bonds is 4. The maximum Gasteiger partial charge on any atom is 0.378 e. The predicted molar refractivity (Wildman–Crippen MR) is 38.3 cm³/mol. The Morgan fingerprint density at radius 1 is 1.17 bits per heavy atom. The summed E-state index contributed by atoms with van der Waals surface area (Å²) in [6.45, 7) is 2.31. The normalized spacial score (nSPS) is 8.83. The zero-order valence-corrected chi connectivity index (χ0v) is 6.96. The molecule has 0 bridgehead atoms. The number of hydrogen-bond donors (Lipinski definition) is 0. The van der Waals surface area contributed by atoms with Gasteiger partial charge in [-0.05, 0) is 6.92 Å². The predicted octanol–water partition coefficient (Wildman–Crippen LogP) is -0.318. The summed E-state index contributed by atoms with van der Waals surface area (Å²) in [6.07, 6.45) is 0. The molecule has 5 nitrogen and oxygen atoms in total. The highest BCUT2D eigenvalue weighted by Gasteiger charge is 2.15. The van der Waals surface area contributed by atoms with Crippen LogP contribution < -0.4 is 0 Å². The summed E-state index contributed by atoms with van der Waals surface area (Å²) >= 11 is 0. The summed E-state index contributed by atoms with van der Waals surface area (Å²) in [4.78, 5) is 31.5. The molecule has 5 heteroatoms. The van der Waals surface area contributed by atoms with Crippen LogP contribution in [0.2, 0.25) is 0 Å². The fourth-order valence-corrected chi connectivity index (χ4v) is 0.438. The highest BCUT2D eigenvalue weighted by atomic mass is 16.6. The first-order valence-corrected chi connectivity index (χ1v) is 3.41. The molecule has 0 aromatic rings. The van der Waals surface area contributed by atoms with Crippen LogP contribution in [0.25, 0.3) is 0 Å². The van der Waals surface area contributed by atoms with E-state index < -0.39 is 24.3 Å². The Balaban J connectivity index is 3.72.